The molecule has 408 valence electrons. The fraction of sp³-hybridized carbons (Fsp3) is 0.730. The summed E-state index contributed by atoms with van der Waals surface area (Å²) in [7, 11) is 3.34. The zero-order valence-electron chi connectivity index (χ0n) is 44.8. The van der Waals surface area contributed by atoms with E-state index < -0.39 is 11.2 Å². The number of fused-ring (bicyclic) bond motifs is 12. The third kappa shape index (κ3) is 12.5. The molecule has 2 heterocycles. The van der Waals surface area contributed by atoms with Gasteiger partial charge in [0.1, 0.15) is 0 Å². The largest absolute Gasteiger partial charge is 1.00 e. The molecule has 8 fully saturated rings. The van der Waals surface area contributed by atoms with E-state index in [4.69, 9.17) is 9.82 Å². The van der Waals surface area contributed by atoms with Crippen LogP contribution in [0, 0.1) is 88.8 Å². The van der Waals surface area contributed by atoms with Crippen molar-refractivity contribution in [1.82, 2.24) is 15.0 Å². The number of para-hydroxylation sites is 2. The molecule has 0 unspecified atom stereocenters. The average molecular weight is 1050 g/mol. The molecule has 12 rings (SSSR count). The smallest absolute Gasteiger partial charge is 0.390 e. The molecule has 11 heteroatoms. The van der Waals surface area contributed by atoms with E-state index in [0.717, 1.165) is 113 Å². The predicted octanol–water partition coefficient (Wildman–Crippen LogP) is 13.4. The topological polar surface area (TPSA) is 113 Å². The van der Waals surface area contributed by atoms with Crippen molar-refractivity contribution in [2.24, 2.45) is 81.8 Å². The minimum absolute atomic E-state index is 0. The number of rotatable bonds is 5. The summed E-state index contributed by atoms with van der Waals surface area (Å²) in [5.74, 6) is 8.46. The van der Waals surface area contributed by atoms with E-state index in [9.17, 15) is 19.8 Å². The van der Waals surface area contributed by atoms with Crippen molar-refractivity contribution in [3.8, 4) is 0 Å². The average Bonchev–Trinajstić information content (AvgIpc) is 4.17. The normalized spacial score (nSPS) is 38.0. The van der Waals surface area contributed by atoms with Gasteiger partial charge in [-0.05, 0) is 224 Å². The number of hydrogen-bond donors (Lipinski definition) is 2. The van der Waals surface area contributed by atoms with Crippen LogP contribution in [-0.4, -0.2) is 62.3 Å². The Hall–Kier alpha value is -2.16. The third-order valence-electron chi connectivity index (χ3n) is 20.8. The van der Waals surface area contributed by atoms with Crippen LogP contribution in [0.5, 0.6) is 0 Å². The molecule has 0 aliphatic heterocycles. The zero-order chi connectivity index (χ0) is 49.6. The Bertz CT molecular complexity index is 2350. The molecule has 8 nitrogen and oxygen atoms in total. The number of carbonyl (C=O) groups excluding carboxylic acids is 2. The molecule has 1 amide bonds. The van der Waals surface area contributed by atoms with Crippen molar-refractivity contribution >= 4 is 54.8 Å². The van der Waals surface area contributed by atoms with Crippen LogP contribution >= 0.6 is 22.7 Å². The van der Waals surface area contributed by atoms with E-state index in [-0.39, 0.29) is 69.7 Å². The monoisotopic (exact) mass is 1050 g/mol. The van der Waals surface area contributed by atoms with Crippen LogP contribution in [0.2, 0.25) is 0 Å². The van der Waals surface area contributed by atoms with E-state index in [0.29, 0.717) is 17.6 Å². The van der Waals surface area contributed by atoms with Crippen LogP contribution < -0.4 is 18.9 Å². The van der Waals surface area contributed by atoms with Crippen molar-refractivity contribution in [2.45, 2.75) is 197 Å². The van der Waals surface area contributed by atoms with Crippen molar-refractivity contribution < 1.29 is 43.5 Å². The maximum Gasteiger partial charge on any atom is 1.00 e. The van der Waals surface area contributed by atoms with Gasteiger partial charge < -0.3 is 17.1 Å². The number of hydroxylamine groups is 2. The van der Waals surface area contributed by atoms with Crippen molar-refractivity contribution in [3.05, 3.63) is 66.0 Å². The Morgan fingerprint density at radius 3 is 1.64 bits per heavy atom. The number of ketones is 1. The molecule has 2 N–H and O–H groups in total. The molecular formula is C63H98LiN3O5S2. The second-order valence-corrected chi connectivity index (χ2v) is 26.7. The summed E-state index contributed by atoms with van der Waals surface area (Å²) in [6.45, 7) is 14.6. The quantitative estimate of drug-likeness (QED) is 0.0886. The fourth-order valence-corrected chi connectivity index (χ4v) is 18.9. The summed E-state index contributed by atoms with van der Waals surface area (Å²) in [6, 6.07) is 16.3. The molecule has 0 spiro atoms. The number of unbranched alkanes of at least 4 members (excludes halogenated alkanes) is 1. The maximum atomic E-state index is 13.7. The molecule has 4 aromatic rings. The van der Waals surface area contributed by atoms with Crippen LogP contribution in [0.4, 0.5) is 0 Å². The van der Waals surface area contributed by atoms with Gasteiger partial charge in [0.2, 0.25) is 5.91 Å². The summed E-state index contributed by atoms with van der Waals surface area (Å²) in [5, 5.41) is 23.3. The molecule has 8 aliphatic rings. The van der Waals surface area contributed by atoms with Gasteiger partial charge in [0.05, 0.1) is 44.3 Å². The second kappa shape index (κ2) is 25.7. The van der Waals surface area contributed by atoms with Gasteiger partial charge in [0, 0.05) is 18.9 Å². The standard InChI is InChI=1S/C27H35NO2S.C22H37NO3.C7H5NS.C4H9.3CH4.Li/c1-26(30)13-11-17-16(15-26)7-8-19-18(17)12-14-27(2)20(19)9-10-21(27)24(29)25-28-22-5-3-4-6-23(22)31-25;1-21(25)11-9-15-14(13-21)5-6-17-16(15)10-12-22(2)18(17)7-8-19(22)20(24)23(3)26-4;1-2-4-7-6(3-1)8-5-9-7;1-3-4-2;;;;/h3-6,16-21,30H,7-15H2,1-2H3;14-19,25H,5-13H2,1-4H3;1-5H;1,3-4H2,2H3;3*1H4;/q;;;-1;;;;+1/t16-,17+,18-,19-,20+,21-,26-,27+;14-,15+,16-,17-,18+,19-,21-,22+;;;;;;/m11....../s1. The number of aromatic nitrogens is 2. The first-order chi connectivity index (χ1) is 33.5. The molecule has 2 aromatic carbocycles. The number of carbonyl (C=O) groups is 2. The number of nitrogens with zero attached hydrogens (tertiary/aromatic N) is 3. The van der Waals surface area contributed by atoms with Crippen LogP contribution in [0.25, 0.3) is 20.4 Å². The number of amides is 1. The van der Waals surface area contributed by atoms with Gasteiger partial charge >= 0.3 is 18.9 Å². The number of Topliss-reactive ketones (excluding diaryl/α,β-unsaturated/α-hetero) is 1. The fourth-order valence-electron chi connectivity index (χ4n) is 17.2. The van der Waals surface area contributed by atoms with E-state index in [2.05, 4.69) is 44.8 Å². The van der Waals surface area contributed by atoms with Crippen molar-refractivity contribution in [3.63, 3.8) is 0 Å². The van der Waals surface area contributed by atoms with Crippen LogP contribution in [0.1, 0.15) is 195 Å². The second-order valence-electron chi connectivity index (χ2n) is 24.7. The molecule has 8 aliphatic carbocycles. The molecule has 0 radical (unpaired) electrons. The Kier molecular flexibility index (Phi) is 21.8. The number of thiazole rings is 2. The Labute approximate surface area is 468 Å². The first kappa shape index (κ1) is 62.7. The van der Waals surface area contributed by atoms with Gasteiger partial charge in [0.25, 0.3) is 0 Å². The Balaban J connectivity index is 0.000000213. The molecule has 2 aromatic heterocycles. The summed E-state index contributed by atoms with van der Waals surface area (Å²) < 4.78 is 2.39. The number of aliphatic hydroxyl groups is 2. The summed E-state index contributed by atoms with van der Waals surface area (Å²) in [4.78, 5) is 40.6. The van der Waals surface area contributed by atoms with Crippen molar-refractivity contribution in [1.29, 1.82) is 0 Å². The Morgan fingerprint density at radius 2 is 1.14 bits per heavy atom. The van der Waals surface area contributed by atoms with Gasteiger partial charge in [-0.25, -0.2) is 15.0 Å². The summed E-state index contributed by atoms with van der Waals surface area (Å²) in [6.07, 6.45) is 23.3. The van der Waals surface area contributed by atoms with E-state index in [1.54, 1.807) is 36.8 Å². The third-order valence-corrected chi connectivity index (χ3v) is 22.6. The molecule has 74 heavy (non-hydrogen) atoms. The predicted molar refractivity (Wildman–Crippen MR) is 306 cm³/mol. The summed E-state index contributed by atoms with van der Waals surface area (Å²) in [5.41, 5.74) is 3.34. The molecular weight excluding hydrogens is 950 g/mol. The van der Waals surface area contributed by atoms with E-state index in [1.807, 2.05) is 55.8 Å². The minimum atomic E-state index is -0.445. The summed E-state index contributed by atoms with van der Waals surface area (Å²) >= 11 is 3.26. The van der Waals surface area contributed by atoms with Crippen LogP contribution in [-0.2, 0) is 9.63 Å². The van der Waals surface area contributed by atoms with Crippen molar-refractivity contribution in [2.75, 3.05) is 14.2 Å². The maximum absolute atomic E-state index is 13.7. The first-order valence-corrected chi connectivity index (χ1v) is 29.4. The number of benzene rings is 2. The van der Waals surface area contributed by atoms with E-state index in [1.165, 1.54) is 93.2 Å². The van der Waals surface area contributed by atoms with Crippen LogP contribution in [0.15, 0.2) is 54.0 Å². The Morgan fingerprint density at radius 1 is 0.662 bits per heavy atom. The van der Waals surface area contributed by atoms with Gasteiger partial charge in [0.15, 0.2) is 10.8 Å². The molecule has 0 saturated heterocycles. The minimum Gasteiger partial charge on any atom is -0.390 e. The van der Waals surface area contributed by atoms with Gasteiger partial charge in [-0.15, -0.1) is 22.7 Å². The van der Waals surface area contributed by atoms with E-state index >= 15 is 0 Å². The molecule has 8 saturated carbocycles. The molecule has 16 atom stereocenters. The SMILES string of the molecule is C.C.C.CON(C)C(=O)[C@H]1CC[C@H]2[C@@H]3CC[C@@H]4C[C@](C)(O)CC[C@@H]4[C@H]3CC[C@]12C.C[C@@]1(O)CC[C@H]2[C@H](CC[C@@H]3[C@@H]2CC[C@]2(C)[C@@H](C(=O)c4nc5ccccc5s4)CC[C@@H]32)C1.[CH2-]CCC.[Li+].c1ccc2scnc2c1. The molecule has 0 bridgehead atoms. The van der Waals surface area contributed by atoms with Gasteiger partial charge in [-0.2, -0.15) is 6.42 Å². The number of hydrogen-bond acceptors (Lipinski definition) is 9. The van der Waals surface area contributed by atoms with Crippen LogP contribution in [0.3, 0.4) is 0 Å². The van der Waals surface area contributed by atoms with Gasteiger partial charge in [-0.1, -0.05) is 73.7 Å². The first-order valence-electron chi connectivity index (χ1n) is 27.7. The zero-order valence-corrected chi connectivity index (χ0v) is 46.4. The van der Waals surface area contributed by atoms with Gasteiger partial charge in [-0.3, -0.25) is 14.4 Å².